The summed E-state index contributed by atoms with van der Waals surface area (Å²) < 4.78 is 2.20. The van der Waals surface area contributed by atoms with Crippen LogP contribution in [0.3, 0.4) is 0 Å². The first-order chi connectivity index (χ1) is 10.1. The molecule has 0 fully saturated rings. The zero-order valence-electron chi connectivity index (χ0n) is 12.5. The smallest absolute Gasteiger partial charge is 0.160 e. The van der Waals surface area contributed by atoms with Gasteiger partial charge >= 0.3 is 0 Å². The minimum absolute atomic E-state index is 0.574. The fourth-order valence-electron chi connectivity index (χ4n) is 2.48. The third-order valence-corrected chi connectivity index (χ3v) is 4.98. The summed E-state index contributed by atoms with van der Waals surface area (Å²) in [5, 5.41) is 0. The zero-order valence-corrected chi connectivity index (χ0v) is 14.1. The lowest BCUT2D eigenvalue weighted by Crippen LogP contribution is -2.05. The Labute approximate surface area is 133 Å². The van der Waals surface area contributed by atoms with Crippen LogP contribution in [0.2, 0.25) is 0 Å². The Morgan fingerprint density at radius 3 is 2.71 bits per heavy atom. The van der Waals surface area contributed by atoms with Crippen LogP contribution in [0.1, 0.15) is 26.7 Å². The van der Waals surface area contributed by atoms with Gasteiger partial charge in [-0.3, -0.25) is 0 Å². The molecule has 3 heterocycles. The van der Waals surface area contributed by atoms with Gasteiger partial charge in [-0.2, -0.15) is 0 Å². The van der Waals surface area contributed by atoms with Gasteiger partial charge in [-0.1, -0.05) is 0 Å². The number of aromatic nitrogens is 3. The Hall–Kier alpha value is -1.39. The molecule has 0 radical (unpaired) electrons. The number of rotatable bonds is 4. The van der Waals surface area contributed by atoms with Crippen LogP contribution in [0, 0.1) is 20.8 Å². The molecule has 3 nitrogen and oxygen atoms in total. The molecule has 0 aliphatic heterocycles. The molecular formula is C16H18ClN3S. The van der Waals surface area contributed by atoms with E-state index in [1.165, 1.54) is 15.3 Å². The zero-order chi connectivity index (χ0) is 15.0. The molecule has 0 amide bonds. The van der Waals surface area contributed by atoms with Gasteiger partial charge in [-0.25, -0.2) is 9.97 Å². The summed E-state index contributed by atoms with van der Waals surface area (Å²) in [6.07, 6.45) is 2.66. The first-order valence-corrected chi connectivity index (χ1v) is 8.37. The number of pyridine rings is 1. The molecular weight excluding hydrogens is 302 g/mol. The molecule has 0 saturated heterocycles. The van der Waals surface area contributed by atoms with E-state index in [2.05, 4.69) is 35.5 Å². The summed E-state index contributed by atoms with van der Waals surface area (Å²) in [6, 6.07) is 4.34. The van der Waals surface area contributed by atoms with E-state index in [0.717, 1.165) is 35.5 Å². The van der Waals surface area contributed by atoms with E-state index in [4.69, 9.17) is 16.6 Å². The predicted octanol–water partition coefficient (Wildman–Crippen LogP) is 4.25. The number of aryl methyl sites for hydroxylation is 4. The lowest BCUT2D eigenvalue weighted by atomic mass is 10.3. The topological polar surface area (TPSA) is 30.7 Å². The minimum Gasteiger partial charge on any atom is -0.307 e. The number of alkyl halides is 1. The molecule has 5 heteroatoms. The van der Waals surface area contributed by atoms with E-state index >= 15 is 0 Å². The minimum atomic E-state index is 0.574. The molecule has 0 atom stereocenters. The number of halogens is 1. The van der Waals surface area contributed by atoms with Gasteiger partial charge in [0, 0.05) is 28.3 Å². The lowest BCUT2D eigenvalue weighted by Gasteiger charge is -2.06. The van der Waals surface area contributed by atoms with Crippen molar-refractivity contribution in [1.82, 2.24) is 14.5 Å². The van der Waals surface area contributed by atoms with Crippen molar-refractivity contribution in [2.75, 3.05) is 5.88 Å². The van der Waals surface area contributed by atoms with Crippen LogP contribution in [0.15, 0.2) is 18.3 Å². The molecule has 0 aliphatic rings. The fraction of sp³-hybridized carbons (Fsp3) is 0.375. The van der Waals surface area contributed by atoms with Crippen molar-refractivity contribution >= 4 is 34.1 Å². The predicted molar refractivity (Wildman–Crippen MR) is 89.6 cm³/mol. The largest absolute Gasteiger partial charge is 0.307 e. The average molecular weight is 320 g/mol. The highest BCUT2D eigenvalue weighted by molar-refractivity contribution is 7.12. The standard InChI is InChI=1S/C16H18ClN3S/c1-10-6-14-16(18-8-10)20(15(19-14)4-5-17)9-13-7-11(2)12(3)21-13/h6-8H,4-5,9H2,1-3H3. The summed E-state index contributed by atoms with van der Waals surface area (Å²) in [5.74, 6) is 1.59. The molecule has 21 heavy (non-hydrogen) atoms. The van der Waals surface area contributed by atoms with E-state index < -0.39 is 0 Å². The summed E-state index contributed by atoms with van der Waals surface area (Å²) in [6.45, 7) is 7.18. The van der Waals surface area contributed by atoms with Crippen molar-refractivity contribution in [3.05, 3.63) is 45.0 Å². The van der Waals surface area contributed by atoms with Crippen LogP contribution in [0.4, 0.5) is 0 Å². The van der Waals surface area contributed by atoms with Crippen LogP contribution < -0.4 is 0 Å². The van der Waals surface area contributed by atoms with Crippen molar-refractivity contribution in [2.45, 2.75) is 33.7 Å². The summed E-state index contributed by atoms with van der Waals surface area (Å²) in [7, 11) is 0. The third kappa shape index (κ3) is 2.83. The molecule has 0 aromatic carbocycles. The van der Waals surface area contributed by atoms with E-state index in [-0.39, 0.29) is 0 Å². The Morgan fingerprint density at radius 1 is 1.24 bits per heavy atom. The van der Waals surface area contributed by atoms with Gasteiger partial charge in [-0.05, 0) is 44.0 Å². The van der Waals surface area contributed by atoms with Gasteiger partial charge < -0.3 is 4.57 Å². The quantitative estimate of drug-likeness (QED) is 0.673. The number of hydrogen-bond acceptors (Lipinski definition) is 3. The molecule has 110 valence electrons. The normalized spacial score (nSPS) is 11.4. The summed E-state index contributed by atoms with van der Waals surface area (Å²) >= 11 is 7.77. The molecule has 0 aliphatic carbocycles. The van der Waals surface area contributed by atoms with Crippen molar-refractivity contribution < 1.29 is 0 Å². The van der Waals surface area contributed by atoms with Crippen LogP contribution >= 0.6 is 22.9 Å². The maximum Gasteiger partial charge on any atom is 0.160 e. The van der Waals surface area contributed by atoms with Crippen molar-refractivity contribution in [2.24, 2.45) is 0 Å². The highest BCUT2D eigenvalue weighted by atomic mass is 35.5. The number of fused-ring (bicyclic) bond motifs is 1. The van der Waals surface area contributed by atoms with Gasteiger partial charge in [0.05, 0.1) is 6.54 Å². The Bertz CT molecular complexity index is 769. The molecule has 0 spiro atoms. The molecule has 3 aromatic rings. The maximum atomic E-state index is 5.93. The monoisotopic (exact) mass is 319 g/mol. The van der Waals surface area contributed by atoms with Gasteiger partial charge in [0.1, 0.15) is 11.3 Å². The number of thiophene rings is 1. The molecule has 0 saturated carbocycles. The molecule has 3 aromatic heterocycles. The molecule has 0 bridgehead atoms. The van der Waals surface area contributed by atoms with Crippen LogP contribution in [0.5, 0.6) is 0 Å². The van der Waals surface area contributed by atoms with Crippen molar-refractivity contribution in [3.8, 4) is 0 Å². The Morgan fingerprint density at radius 2 is 2.05 bits per heavy atom. The molecule has 0 unspecified atom stereocenters. The van der Waals surface area contributed by atoms with Crippen molar-refractivity contribution in [3.63, 3.8) is 0 Å². The van der Waals surface area contributed by atoms with Gasteiger partial charge in [0.2, 0.25) is 0 Å². The second-order valence-corrected chi connectivity index (χ2v) is 7.08. The first kappa shape index (κ1) is 14.5. The van der Waals surface area contributed by atoms with Crippen LogP contribution in [-0.4, -0.2) is 20.4 Å². The van der Waals surface area contributed by atoms with Gasteiger partial charge in [0.25, 0.3) is 0 Å². The van der Waals surface area contributed by atoms with Crippen LogP contribution in [-0.2, 0) is 13.0 Å². The number of hydrogen-bond donors (Lipinski definition) is 0. The van der Waals surface area contributed by atoms with Crippen molar-refractivity contribution in [1.29, 1.82) is 0 Å². The van der Waals surface area contributed by atoms with Crippen LogP contribution in [0.25, 0.3) is 11.2 Å². The SMILES string of the molecule is Cc1cnc2c(c1)nc(CCCl)n2Cc1cc(C)c(C)s1. The second-order valence-electron chi connectivity index (χ2n) is 5.36. The van der Waals surface area contributed by atoms with Gasteiger partial charge in [-0.15, -0.1) is 22.9 Å². The molecule has 3 rings (SSSR count). The van der Waals surface area contributed by atoms with E-state index in [1.54, 1.807) is 0 Å². The third-order valence-electron chi connectivity index (χ3n) is 3.65. The number of nitrogens with zero attached hydrogens (tertiary/aromatic N) is 3. The summed E-state index contributed by atoms with van der Waals surface area (Å²) in [5.41, 5.74) is 4.39. The van der Waals surface area contributed by atoms with Gasteiger partial charge in [0.15, 0.2) is 5.65 Å². The maximum absolute atomic E-state index is 5.93. The van der Waals surface area contributed by atoms with E-state index in [9.17, 15) is 0 Å². The first-order valence-electron chi connectivity index (χ1n) is 7.02. The fourth-order valence-corrected chi connectivity index (χ4v) is 3.70. The Balaban J connectivity index is 2.08. The summed E-state index contributed by atoms with van der Waals surface area (Å²) in [4.78, 5) is 12.0. The molecule has 0 N–H and O–H groups in total. The highest BCUT2D eigenvalue weighted by Crippen LogP contribution is 2.24. The second kappa shape index (κ2) is 5.78. The lowest BCUT2D eigenvalue weighted by molar-refractivity contribution is 0.756. The Kier molecular flexibility index (Phi) is 4.00. The highest BCUT2D eigenvalue weighted by Gasteiger charge is 2.13. The van der Waals surface area contributed by atoms with E-state index in [0.29, 0.717) is 5.88 Å². The number of imidazole rings is 1. The average Bonchev–Trinajstić information content (AvgIpc) is 2.92. The van der Waals surface area contributed by atoms with E-state index in [1.807, 2.05) is 24.5 Å².